The molecule has 24 heavy (non-hydrogen) atoms. The molecule has 0 aliphatic heterocycles. The summed E-state index contributed by atoms with van der Waals surface area (Å²) in [4.78, 5) is 35.5. The number of phenols is 1. The number of para-hydroxylation sites is 1. The van der Waals surface area contributed by atoms with E-state index in [1.165, 1.54) is 30.4 Å². The van der Waals surface area contributed by atoms with Crippen molar-refractivity contribution in [3.05, 3.63) is 65.3 Å². The fourth-order valence-corrected chi connectivity index (χ4v) is 2.27. The van der Waals surface area contributed by atoms with Gasteiger partial charge in [0.1, 0.15) is 5.75 Å². The number of aromatic hydroxyl groups is 1. The van der Waals surface area contributed by atoms with Gasteiger partial charge in [-0.1, -0.05) is 24.3 Å². The molecule has 2 N–H and O–H groups in total. The van der Waals surface area contributed by atoms with Crippen molar-refractivity contribution in [1.29, 1.82) is 0 Å². The van der Waals surface area contributed by atoms with Crippen LogP contribution in [0.5, 0.6) is 5.75 Å². The number of Topliss-reactive ketones (excluding diaryl/α,β-unsaturated/α-hetero) is 1. The number of allylic oxidation sites excluding steroid dienone is 5. The van der Waals surface area contributed by atoms with Crippen molar-refractivity contribution in [2.24, 2.45) is 5.41 Å². The van der Waals surface area contributed by atoms with Gasteiger partial charge in [0.25, 0.3) is 0 Å². The first kappa shape index (κ1) is 17.4. The van der Waals surface area contributed by atoms with E-state index in [-0.39, 0.29) is 23.5 Å². The Balaban J connectivity index is 2.22. The zero-order chi connectivity index (χ0) is 17.9. The standard InChI is InChI=1S/C19H18O5/c1-19(2,18(23)24)13-9-7-12(17(22)11-13)8-10-16(21)14-5-3-4-6-15(14)20/h3-10,20H,11H2,1-2H3,(H,23,24). The van der Waals surface area contributed by atoms with E-state index in [0.29, 0.717) is 11.1 Å². The third-order valence-electron chi connectivity index (χ3n) is 4.06. The van der Waals surface area contributed by atoms with Crippen LogP contribution in [0.2, 0.25) is 0 Å². The lowest BCUT2D eigenvalue weighted by Gasteiger charge is -2.24. The summed E-state index contributed by atoms with van der Waals surface area (Å²) < 4.78 is 0. The van der Waals surface area contributed by atoms with Crippen LogP contribution in [-0.4, -0.2) is 27.7 Å². The number of hydrogen-bond acceptors (Lipinski definition) is 4. The number of carboxylic acid groups (broad SMARTS) is 1. The Hall–Kier alpha value is -2.95. The maximum Gasteiger partial charge on any atom is 0.313 e. The quantitative estimate of drug-likeness (QED) is 0.641. The van der Waals surface area contributed by atoms with Crippen LogP contribution in [0, 0.1) is 5.41 Å². The van der Waals surface area contributed by atoms with E-state index in [0.717, 1.165) is 0 Å². The number of carbonyl (C=O) groups is 3. The van der Waals surface area contributed by atoms with E-state index in [4.69, 9.17) is 0 Å². The Labute approximate surface area is 139 Å². The summed E-state index contributed by atoms with van der Waals surface area (Å²) in [5.41, 5.74) is -0.124. The molecule has 0 aromatic heterocycles. The molecule has 0 unspecified atom stereocenters. The SMILES string of the molecule is CC(C)(C(=O)O)C1=CC=C(C=CC(=O)c2ccccc2O)C(=O)C1. The summed E-state index contributed by atoms with van der Waals surface area (Å²) in [5, 5.41) is 18.9. The largest absolute Gasteiger partial charge is 0.507 e. The molecule has 1 aliphatic rings. The molecular formula is C19H18O5. The Morgan fingerprint density at radius 2 is 1.83 bits per heavy atom. The second-order valence-corrected chi connectivity index (χ2v) is 6.06. The number of carbonyl (C=O) groups excluding carboxylic acids is 2. The molecule has 5 nitrogen and oxygen atoms in total. The lowest BCUT2D eigenvalue weighted by Crippen LogP contribution is -2.28. The minimum absolute atomic E-state index is 0.000249. The van der Waals surface area contributed by atoms with E-state index in [1.54, 1.807) is 32.1 Å². The Morgan fingerprint density at radius 1 is 1.17 bits per heavy atom. The molecule has 0 bridgehead atoms. The maximum absolute atomic E-state index is 12.2. The van der Waals surface area contributed by atoms with Gasteiger partial charge in [0, 0.05) is 12.0 Å². The Kier molecular flexibility index (Phi) is 4.83. The van der Waals surface area contributed by atoms with Crippen LogP contribution in [0.4, 0.5) is 0 Å². The van der Waals surface area contributed by atoms with Gasteiger partial charge in [-0.15, -0.1) is 0 Å². The minimum atomic E-state index is -1.12. The van der Waals surface area contributed by atoms with Gasteiger partial charge >= 0.3 is 5.97 Å². The predicted octanol–water partition coefficient (Wildman–Crippen LogP) is 3.07. The fourth-order valence-electron chi connectivity index (χ4n) is 2.27. The molecule has 0 atom stereocenters. The zero-order valence-electron chi connectivity index (χ0n) is 13.4. The van der Waals surface area contributed by atoms with Crippen LogP contribution < -0.4 is 0 Å². The molecule has 0 radical (unpaired) electrons. The third kappa shape index (κ3) is 3.51. The second kappa shape index (κ2) is 6.66. The molecule has 0 spiro atoms. The summed E-state index contributed by atoms with van der Waals surface area (Å²) >= 11 is 0. The van der Waals surface area contributed by atoms with Crippen molar-refractivity contribution < 1.29 is 24.6 Å². The Bertz CT molecular complexity index is 794. The summed E-state index contributed by atoms with van der Waals surface area (Å²) in [6, 6.07) is 6.15. The van der Waals surface area contributed by atoms with Gasteiger partial charge in [0.05, 0.1) is 11.0 Å². The second-order valence-electron chi connectivity index (χ2n) is 6.06. The van der Waals surface area contributed by atoms with E-state index >= 15 is 0 Å². The molecule has 0 saturated heterocycles. The number of hydrogen-bond donors (Lipinski definition) is 2. The molecule has 1 aromatic rings. The van der Waals surface area contributed by atoms with Gasteiger partial charge in [-0.3, -0.25) is 14.4 Å². The first-order valence-corrected chi connectivity index (χ1v) is 7.42. The first-order chi connectivity index (χ1) is 11.2. The van der Waals surface area contributed by atoms with E-state index in [2.05, 4.69) is 0 Å². The Morgan fingerprint density at radius 3 is 2.42 bits per heavy atom. The van der Waals surface area contributed by atoms with Crippen molar-refractivity contribution in [3.8, 4) is 5.75 Å². The van der Waals surface area contributed by atoms with Crippen LogP contribution in [0.25, 0.3) is 0 Å². The van der Waals surface area contributed by atoms with Gasteiger partial charge in [0.15, 0.2) is 11.6 Å². The van der Waals surface area contributed by atoms with Crippen LogP contribution in [0.3, 0.4) is 0 Å². The number of rotatable bonds is 5. The molecule has 0 heterocycles. The summed E-state index contributed by atoms with van der Waals surface area (Å²) in [6.07, 6.45) is 5.73. The highest BCUT2D eigenvalue weighted by atomic mass is 16.4. The van der Waals surface area contributed by atoms with Gasteiger partial charge in [-0.25, -0.2) is 0 Å². The molecule has 0 saturated carbocycles. The van der Waals surface area contributed by atoms with Crippen molar-refractivity contribution in [3.63, 3.8) is 0 Å². The summed E-state index contributed by atoms with van der Waals surface area (Å²) in [7, 11) is 0. The lowest BCUT2D eigenvalue weighted by atomic mass is 9.78. The lowest BCUT2D eigenvalue weighted by molar-refractivity contribution is -0.144. The number of phenolic OH excluding ortho intramolecular Hbond substituents is 1. The fraction of sp³-hybridized carbons (Fsp3) is 0.211. The van der Waals surface area contributed by atoms with Crippen LogP contribution in [-0.2, 0) is 9.59 Å². The van der Waals surface area contributed by atoms with E-state index in [9.17, 15) is 24.6 Å². The van der Waals surface area contributed by atoms with Gasteiger partial charge < -0.3 is 10.2 Å². The average molecular weight is 326 g/mol. The van der Waals surface area contributed by atoms with Gasteiger partial charge in [-0.2, -0.15) is 0 Å². The van der Waals surface area contributed by atoms with Crippen molar-refractivity contribution in [2.45, 2.75) is 20.3 Å². The summed E-state index contributed by atoms with van der Waals surface area (Å²) in [6.45, 7) is 3.09. The molecule has 5 heteroatoms. The molecular weight excluding hydrogens is 308 g/mol. The highest BCUT2D eigenvalue weighted by Crippen LogP contribution is 2.32. The number of carboxylic acids is 1. The van der Waals surface area contributed by atoms with Crippen molar-refractivity contribution >= 4 is 17.5 Å². The normalized spacial score (nSPS) is 15.2. The highest BCUT2D eigenvalue weighted by Gasteiger charge is 2.34. The third-order valence-corrected chi connectivity index (χ3v) is 4.06. The number of aliphatic carboxylic acids is 1. The smallest absolute Gasteiger partial charge is 0.313 e. The summed E-state index contributed by atoms with van der Waals surface area (Å²) in [5.74, 6) is -1.78. The monoisotopic (exact) mass is 326 g/mol. The minimum Gasteiger partial charge on any atom is -0.507 e. The molecule has 0 fully saturated rings. The van der Waals surface area contributed by atoms with Gasteiger partial charge in [-0.05, 0) is 43.7 Å². The molecule has 0 amide bonds. The molecule has 2 rings (SSSR count). The molecule has 124 valence electrons. The number of benzene rings is 1. The van der Waals surface area contributed by atoms with Crippen LogP contribution >= 0.6 is 0 Å². The number of ketones is 2. The average Bonchev–Trinajstić information content (AvgIpc) is 2.53. The van der Waals surface area contributed by atoms with E-state index < -0.39 is 17.2 Å². The zero-order valence-corrected chi connectivity index (χ0v) is 13.4. The van der Waals surface area contributed by atoms with E-state index in [1.807, 2.05) is 0 Å². The van der Waals surface area contributed by atoms with Crippen molar-refractivity contribution in [2.75, 3.05) is 0 Å². The highest BCUT2D eigenvalue weighted by molar-refractivity contribution is 6.09. The topological polar surface area (TPSA) is 91.7 Å². The van der Waals surface area contributed by atoms with Crippen LogP contribution in [0.15, 0.2) is 59.7 Å². The first-order valence-electron chi connectivity index (χ1n) is 7.42. The van der Waals surface area contributed by atoms with Crippen LogP contribution in [0.1, 0.15) is 30.6 Å². The van der Waals surface area contributed by atoms with Crippen molar-refractivity contribution in [1.82, 2.24) is 0 Å². The molecule has 1 aliphatic carbocycles. The maximum atomic E-state index is 12.2. The predicted molar refractivity (Wildman–Crippen MR) is 88.8 cm³/mol. The molecule has 1 aromatic carbocycles. The van der Waals surface area contributed by atoms with Gasteiger partial charge in [0.2, 0.25) is 0 Å².